The van der Waals surface area contributed by atoms with Gasteiger partial charge in [0, 0.05) is 38.9 Å². The zero-order chi connectivity index (χ0) is 25.4. The topological polar surface area (TPSA) is 63.5 Å². The van der Waals surface area contributed by atoms with Gasteiger partial charge < -0.3 is 19.1 Å². The lowest BCUT2D eigenvalue weighted by Crippen LogP contribution is -2.42. The maximum Gasteiger partial charge on any atom is 0.410 e. The van der Waals surface area contributed by atoms with Crippen molar-refractivity contribution in [1.82, 2.24) is 19.4 Å². The van der Waals surface area contributed by atoms with Gasteiger partial charge in [0.25, 0.3) is 0 Å². The average molecular weight is 486 g/mol. The molecule has 0 bridgehead atoms. The third-order valence-electron chi connectivity index (χ3n) is 7.14. The number of hydrogen-bond acceptors (Lipinski definition) is 5. The Hall–Kier alpha value is -2.31. The maximum atomic E-state index is 12.4. The highest BCUT2D eigenvalue weighted by Crippen LogP contribution is 2.30. The number of anilines is 1. The zero-order valence-electron chi connectivity index (χ0n) is 22.9. The van der Waals surface area contributed by atoms with E-state index >= 15 is 0 Å². The molecule has 1 aliphatic heterocycles. The summed E-state index contributed by atoms with van der Waals surface area (Å²) >= 11 is 0. The van der Waals surface area contributed by atoms with Gasteiger partial charge in [-0.3, -0.25) is 0 Å². The average Bonchev–Trinajstić information content (AvgIpc) is 3.27. The number of likely N-dealkylation sites (tertiary alicyclic amines) is 1. The summed E-state index contributed by atoms with van der Waals surface area (Å²) in [6.45, 7) is 16.5. The van der Waals surface area contributed by atoms with E-state index in [0.717, 1.165) is 68.3 Å². The van der Waals surface area contributed by atoms with Crippen LogP contribution in [0.2, 0.25) is 0 Å². The van der Waals surface area contributed by atoms with E-state index in [0.29, 0.717) is 5.92 Å². The van der Waals surface area contributed by atoms with Gasteiger partial charge in [0.2, 0.25) is 0 Å². The fraction of sp³-hybridized carbons (Fsp3) is 0.750. The van der Waals surface area contributed by atoms with Crippen LogP contribution in [0.5, 0.6) is 0 Å². The minimum Gasteiger partial charge on any atom is -0.444 e. The Morgan fingerprint density at radius 3 is 2.37 bits per heavy atom. The number of fused-ring (bicyclic) bond motifs is 1. The van der Waals surface area contributed by atoms with Crippen molar-refractivity contribution < 1.29 is 9.53 Å². The normalized spacial score (nSPS) is 17.7. The van der Waals surface area contributed by atoms with E-state index in [1.807, 2.05) is 39.5 Å². The first-order valence-electron chi connectivity index (χ1n) is 13.9. The molecule has 0 aromatic carbocycles. The highest BCUT2D eigenvalue weighted by atomic mass is 16.6. The van der Waals surface area contributed by atoms with E-state index in [9.17, 15) is 4.79 Å². The van der Waals surface area contributed by atoms with Crippen molar-refractivity contribution in [1.29, 1.82) is 0 Å². The molecule has 2 aromatic heterocycles. The van der Waals surface area contributed by atoms with Crippen LogP contribution in [0.4, 0.5) is 10.6 Å². The first kappa shape index (κ1) is 27.3. The number of piperidine rings is 1. The van der Waals surface area contributed by atoms with Crippen LogP contribution in [0.15, 0.2) is 18.6 Å². The molecule has 1 saturated carbocycles. The number of hydrogen-bond donors (Lipinski definition) is 0. The second-order valence-electron chi connectivity index (χ2n) is 10.9. The maximum absolute atomic E-state index is 12.4. The fourth-order valence-corrected chi connectivity index (χ4v) is 5.34. The van der Waals surface area contributed by atoms with Crippen LogP contribution in [0.3, 0.4) is 0 Å². The fourth-order valence-electron chi connectivity index (χ4n) is 5.34. The lowest BCUT2D eigenvalue weighted by Gasteiger charge is -2.33. The SMILES string of the molecule is CC.CCN(CC1CCCCC1)c1ncnc2c1ccn2CC1CCN(C(=O)OC(C)(C)C)CC1. The molecule has 0 radical (unpaired) electrons. The zero-order valence-corrected chi connectivity index (χ0v) is 22.9. The van der Waals surface area contributed by atoms with Gasteiger partial charge in [0.15, 0.2) is 0 Å². The first-order valence-corrected chi connectivity index (χ1v) is 13.9. The van der Waals surface area contributed by atoms with Crippen molar-refractivity contribution in [2.75, 3.05) is 31.1 Å². The van der Waals surface area contributed by atoms with Crippen LogP contribution in [0.1, 0.15) is 86.5 Å². The number of carbonyl (C=O) groups is 1. The lowest BCUT2D eigenvalue weighted by molar-refractivity contribution is 0.0178. The molecule has 0 N–H and O–H groups in total. The monoisotopic (exact) mass is 485 g/mol. The summed E-state index contributed by atoms with van der Waals surface area (Å²) in [6, 6.07) is 2.18. The predicted molar refractivity (Wildman–Crippen MR) is 144 cm³/mol. The van der Waals surface area contributed by atoms with Crippen LogP contribution in [0, 0.1) is 11.8 Å². The number of carbonyl (C=O) groups excluding carboxylic acids is 1. The van der Waals surface area contributed by atoms with E-state index in [4.69, 9.17) is 9.72 Å². The molecule has 1 saturated heterocycles. The smallest absolute Gasteiger partial charge is 0.410 e. The van der Waals surface area contributed by atoms with Gasteiger partial charge in [-0.05, 0) is 71.3 Å². The lowest BCUT2D eigenvalue weighted by atomic mass is 9.89. The molecule has 35 heavy (non-hydrogen) atoms. The van der Waals surface area contributed by atoms with Gasteiger partial charge in [0.1, 0.15) is 23.4 Å². The second-order valence-corrected chi connectivity index (χ2v) is 10.9. The number of rotatable bonds is 6. The van der Waals surface area contributed by atoms with Crippen molar-refractivity contribution in [3.8, 4) is 0 Å². The van der Waals surface area contributed by atoms with Gasteiger partial charge >= 0.3 is 6.09 Å². The van der Waals surface area contributed by atoms with E-state index in [1.165, 1.54) is 32.1 Å². The van der Waals surface area contributed by atoms with E-state index < -0.39 is 5.60 Å². The molecular formula is C28H47N5O2. The van der Waals surface area contributed by atoms with Crippen LogP contribution < -0.4 is 4.90 Å². The van der Waals surface area contributed by atoms with E-state index in [-0.39, 0.29) is 6.09 Å². The molecule has 3 heterocycles. The van der Waals surface area contributed by atoms with Crippen LogP contribution in [0.25, 0.3) is 11.0 Å². The predicted octanol–water partition coefficient (Wildman–Crippen LogP) is 6.51. The third kappa shape index (κ3) is 7.34. The molecule has 2 aromatic rings. The Bertz CT molecular complexity index is 921. The molecular weight excluding hydrogens is 438 g/mol. The van der Waals surface area contributed by atoms with E-state index in [2.05, 4.69) is 33.6 Å². The summed E-state index contributed by atoms with van der Waals surface area (Å²) in [6.07, 6.45) is 12.5. The summed E-state index contributed by atoms with van der Waals surface area (Å²) in [4.78, 5) is 26.0. The molecule has 1 aliphatic carbocycles. The van der Waals surface area contributed by atoms with Crippen molar-refractivity contribution in [3.63, 3.8) is 0 Å². The quantitative estimate of drug-likeness (QED) is 0.467. The van der Waals surface area contributed by atoms with Gasteiger partial charge in [0.05, 0.1) is 5.39 Å². The summed E-state index contributed by atoms with van der Waals surface area (Å²) in [7, 11) is 0. The van der Waals surface area contributed by atoms with Gasteiger partial charge in [-0.25, -0.2) is 14.8 Å². The number of aromatic nitrogens is 3. The summed E-state index contributed by atoms with van der Waals surface area (Å²) in [5.74, 6) is 2.38. The molecule has 196 valence electrons. The van der Waals surface area contributed by atoms with Crippen LogP contribution in [-0.4, -0.2) is 57.3 Å². The van der Waals surface area contributed by atoms with Crippen LogP contribution >= 0.6 is 0 Å². The summed E-state index contributed by atoms with van der Waals surface area (Å²) < 4.78 is 7.82. The summed E-state index contributed by atoms with van der Waals surface area (Å²) in [5.41, 5.74) is 0.579. The number of amides is 1. The molecule has 0 atom stereocenters. The summed E-state index contributed by atoms with van der Waals surface area (Å²) in [5, 5.41) is 1.15. The first-order chi connectivity index (χ1) is 16.8. The molecule has 7 heteroatoms. The minimum atomic E-state index is -0.446. The molecule has 2 aliphatic rings. The standard InChI is InChI=1S/C26H41N5O2.C2H6/c1-5-29(17-20-9-7-6-8-10-20)23-22-13-16-31(24(22)28-19-27-23)18-21-11-14-30(15-12-21)25(32)33-26(2,3)4;1-2/h13,16,19-21H,5-12,14-15,17-18H2,1-4H3;1-2H3. The van der Waals surface area contributed by atoms with Crippen molar-refractivity contribution >= 4 is 22.9 Å². The van der Waals surface area contributed by atoms with Crippen LogP contribution in [-0.2, 0) is 11.3 Å². The molecule has 0 spiro atoms. The Balaban J connectivity index is 0.00000167. The second kappa shape index (κ2) is 12.6. The molecule has 0 unspecified atom stereocenters. The van der Waals surface area contributed by atoms with Crippen molar-refractivity contribution in [2.24, 2.45) is 11.8 Å². The Morgan fingerprint density at radius 2 is 1.74 bits per heavy atom. The molecule has 4 rings (SSSR count). The van der Waals surface area contributed by atoms with Crippen molar-refractivity contribution in [2.45, 2.75) is 98.6 Å². The third-order valence-corrected chi connectivity index (χ3v) is 7.14. The highest BCUT2D eigenvalue weighted by molar-refractivity contribution is 5.87. The molecule has 2 fully saturated rings. The minimum absolute atomic E-state index is 0.192. The van der Waals surface area contributed by atoms with Gasteiger partial charge in [-0.2, -0.15) is 0 Å². The Kier molecular flexibility index (Phi) is 9.81. The molecule has 1 amide bonds. The molecule has 7 nitrogen and oxygen atoms in total. The van der Waals surface area contributed by atoms with Gasteiger partial charge in [-0.15, -0.1) is 0 Å². The number of nitrogens with zero attached hydrogens (tertiary/aromatic N) is 5. The highest BCUT2D eigenvalue weighted by Gasteiger charge is 2.27. The Labute approximate surface area is 212 Å². The Morgan fingerprint density at radius 1 is 1.06 bits per heavy atom. The van der Waals surface area contributed by atoms with Gasteiger partial charge in [-0.1, -0.05) is 33.1 Å². The van der Waals surface area contributed by atoms with Crippen molar-refractivity contribution in [3.05, 3.63) is 18.6 Å². The number of ether oxygens (including phenoxy) is 1. The largest absolute Gasteiger partial charge is 0.444 e. The van der Waals surface area contributed by atoms with E-state index in [1.54, 1.807) is 6.33 Å².